The quantitative estimate of drug-likeness (QED) is 0.645. The van der Waals surface area contributed by atoms with E-state index in [0.29, 0.717) is 12.1 Å². The van der Waals surface area contributed by atoms with Gasteiger partial charge in [-0.3, -0.25) is 0 Å². The molecule has 0 unspecified atom stereocenters. The Morgan fingerprint density at radius 2 is 1.67 bits per heavy atom. The predicted octanol–water partition coefficient (Wildman–Crippen LogP) is 4.44. The molecule has 0 amide bonds. The van der Waals surface area contributed by atoms with Gasteiger partial charge in [-0.1, -0.05) is 11.6 Å². The average Bonchev–Trinajstić information content (AvgIpc) is 1.99. The molecule has 0 atom stereocenters. The summed E-state index contributed by atoms with van der Waals surface area (Å²) in [6.07, 6.45) is -8.60. The number of rotatable bonds is 1. The van der Waals surface area contributed by atoms with Crippen molar-refractivity contribution < 1.29 is 26.3 Å². The van der Waals surface area contributed by atoms with Gasteiger partial charge in [0.25, 0.3) is 6.43 Å². The summed E-state index contributed by atoms with van der Waals surface area (Å²) in [6, 6.07) is 0.744. The molecular formula is C8H3ClF6. The summed E-state index contributed by atoms with van der Waals surface area (Å²) < 4.78 is 73.8. The molecule has 0 heterocycles. The van der Waals surface area contributed by atoms with Crippen LogP contribution in [0, 0.1) is 5.82 Å². The molecule has 0 aliphatic heterocycles. The number of hydrogen-bond donors (Lipinski definition) is 0. The summed E-state index contributed by atoms with van der Waals surface area (Å²) in [5.41, 5.74) is -3.42. The maximum atomic E-state index is 12.8. The lowest BCUT2D eigenvalue weighted by Gasteiger charge is -2.13. The van der Waals surface area contributed by atoms with Gasteiger partial charge < -0.3 is 0 Å². The molecule has 1 rings (SSSR count). The van der Waals surface area contributed by atoms with Crippen molar-refractivity contribution in [2.24, 2.45) is 0 Å². The van der Waals surface area contributed by atoms with Gasteiger partial charge in [0.1, 0.15) is 11.4 Å². The summed E-state index contributed by atoms with van der Waals surface area (Å²) in [6.45, 7) is 0. The van der Waals surface area contributed by atoms with Crippen LogP contribution >= 0.6 is 11.6 Å². The van der Waals surface area contributed by atoms with Crippen molar-refractivity contribution in [3.63, 3.8) is 0 Å². The Labute approximate surface area is 85.5 Å². The fraction of sp³-hybridized carbons (Fsp3) is 0.250. The van der Waals surface area contributed by atoms with Gasteiger partial charge in [-0.25, -0.2) is 13.2 Å². The van der Waals surface area contributed by atoms with Crippen molar-refractivity contribution in [2.75, 3.05) is 0 Å². The normalized spacial score (nSPS) is 12.3. The van der Waals surface area contributed by atoms with Gasteiger partial charge in [0.15, 0.2) is 0 Å². The minimum atomic E-state index is -5.17. The molecule has 0 fully saturated rings. The smallest absolute Gasteiger partial charge is 0.206 e. The lowest BCUT2D eigenvalue weighted by atomic mass is 10.1. The Morgan fingerprint density at radius 3 is 2.07 bits per heavy atom. The van der Waals surface area contributed by atoms with E-state index in [9.17, 15) is 26.3 Å². The van der Waals surface area contributed by atoms with E-state index in [2.05, 4.69) is 0 Å². The molecule has 1 aromatic carbocycles. The number of halogens is 7. The maximum absolute atomic E-state index is 12.8. The number of benzene rings is 1. The Hall–Kier alpha value is -0.910. The minimum Gasteiger partial charge on any atom is -0.206 e. The molecular weight excluding hydrogens is 246 g/mol. The van der Waals surface area contributed by atoms with Crippen molar-refractivity contribution >= 4 is 11.6 Å². The van der Waals surface area contributed by atoms with Crippen LogP contribution in [0.3, 0.4) is 0 Å². The molecule has 1 aromatic rings. The fourth-order valence-electron chi connectivity index (χ4n) is 1.06. The molecule has 84 valence electrons. The van der Waals surface area contributed by atoms with Gasteiger partial charge in [0.05, 0.1) is 0 Å². The van der Waals surface area contributed by atoms with Gasteiger partial charge in [-0.2, -0.15) is 13.2 Å². The standard InChI is InChI=1S/C8H3ClF6/c9-3-1-4(7(11)12)6(5(10)2-3)8(13,14)15/h1-2,7H. The van der Waals surface area contributed by atoms with Crippen LogP contribution in [0.1, 0.15) is 17.6 Å². The van der Waals surface area contributed by atoms with Crippen LogP contribution in [-0.2, 0) is 6.18 Å². The van der Waals surface area contributed by atoms with E-state index in [1.54, 1.807) is 0 Å². The van der Waals surface area contributed by atoms with Crippen molar-refractivity contribution in [1.29, 1.82) is 0 Å². The lowest BCUT2D eigenvalue weighted by molar-refractivity contribution is -0.142. The zero-order valence-corrected chi connectivity index (χ0v) is 7.63. The second-order valence-electron chi connectivity index (χ2n) is 2.65. The molecule has 0 saturated carbocycles. The summed E-state index contributed by atoms with van der Waals surface area (Å²) in [7, 11) is 0. The molecule has 0 spiro atoms. The largest absolute Gasteiger partial charge is 0.419 e. The fourth-order valence-corrected chi connectivity index (χ4v) is 1.28. The molecule has 0 N–H and O–H groups in total. The molecule has 0 nitrogen and oxygen atoms in total. The molecule has 0 aliphatic rings. The highest BCUT2D eigenvalue weighted by Gasteiger charge is 2.39. The Balaban J connectivity index is 3.48. The highest BCUT2D eigenvalue weighted by atomic mass is 35.5. The second-order valence-corrected chi connectivity index (χ2v) is 3.09. The molecule has 0 aliphatic carbocycles. The molecule has 0 radical (unpaired) electrons. The van der Waals surface area contributed by atoms with E-state index in [0.717, 1.165) is 0 Å². The second kappa shape index (κ2) is 3.92. The van der Waals surface area contributed by atoms with E-state index in [4.69, 9.17) is 11.6 Å². The average molecular weight is 249 g/mol. The summed E-state index contributed by atoms with van der Waals surface area (Å²) in [4.78, 5) is 0. The van der Waals surface area contributed by atoms with Gasteiger partial charge in [0, 0.05) is 10.6 Å². The Kier molecular flexibility index (Phi) is 3.18. The highest BCUT2D eigenvalue weighted by molar-refractivity contribution is 6.30. The van der Waals surface area contributed by atoms with Crippen LogP contribution < -0.4 is 0 Å². The van der Waals surface area contributed by atoms with Gasteiger partial charge in [-0.05, 0) is 12.1 Å². The molecule has 7 heteroatoms. The van der Waals surface area contributed by atoms with E-state index in [1.807, 2.05) is 0 Å². The van der Waals surface area contributed by atoms with Crippen molar-refractivity contribution in [3.05, 3.63) is 34.1 Å². The first kappa shape index (κ1) is 12.2. The van der Waals surface area contributed by atoms with Crippen LogP contribution in [-0.4, -0.2) is 0 Å². The van der Waals surface area contributed by atoms with Crippen LogP contribution in [0.25, 0.3) is 0 Å². The first-order valence-corrected chi connectivity index (χ1v) is 3.95. The van der Waals surface area contributed by atoms with E-state index >= 15 is 0 Å². The maximum Gasteiger partial charge on any atom is 0.419 e. The third-order valence-electron chi connectivity index (χ3n) is 1.60. The molecule has 0 bridgehead atoms. The van der Waals surface area contributed by atoms with E-state index in [-0.39, 0.29) is 0 Å². The van der Waals surface area contributed by atoms with Crippen LogP contribution in [0.15, 0.2) is 12.1 Å². The molecule has 0 aromatic heterocycles. The first-order valence-electron chi connectivity index (χ1n) is 3.57. The first-order chi connectivity index (χ1) is 6.73. The monoisotopic (exact) mass is 248 g/mol. The summed E-state index contributed by atoms with van der Waals surface area (Å²) >= 11 is 5.18. The zero-order valence-electron chi connectivity index (χ0n) is 6.88. The highest BCUT2D eigenvalue weighted by Crippen LogP contribution is 2.39. The number of alkyl halides is 5. The summed E-state index contributed by atoms with van der Waals surface area (Å²) in [5, 5.41) is -0.504. The Bertz CT molecular complexity index is 370. The van der Waals surface area contributed by atoms with Crippen LogP contribution in [0.4, 0.5) is 26.3 Å². The topological polar surface area (TPSA) is 0 Å². The Morgan fingerprint density at radius 1 is 1.13 bits per heavy atom. The van der Waals surface area contributed by atoms with Gasteiger partial charge >= 0.3 is 6.18 Å². The summed E-state index contributed by atoms with van der Waals surface area (Å²) in [5.74, 6) is -1.80. The van der Waals surface area contributed by atoms with E-state index in [1.165, 1.54) is 0 Å². The van der Waals surface area contributed by atoms with Gasteiger partial charge in [0.2, 0.25) is 0 Å². The SMILES string of the molecule is Fc1cc(Cl)cc(C(F)F)c1C(F)(F)F. The number of hydrogen-bond acceptors (Lipinski definition) is 0. The van der Waals surface area contributed by atoms with Crippen molar-refractivity contribution in [1.82, 2.24) is 0 Å². The molecule has 15 heavy (non-hydrogen) atoms. The third kappa shape index (κ3) is 2.56. The van der Waals surface area contributed by atoms with Crippen molar-refractivity contribution in [3.8, 4) is 0 Å². The minimum absolute atomic E-state index is 0.344. The van der Waals surface area contributed by atoms with Crippen LogP contribution in [0.5, 0.6) is 0 Å². The zero-order chi connectivity index (χ0) is 11.8. The van der Waals surface area contributed by atoms with E-state index < -0.39 is 34.6 Å². The third-order valence-corrected chi connectivity index (χ3v) is 1.82. The lowest BCUT2D eigenvalue weighted by Crippen LogP contribution is -2.12. The predicted molar refractivity (Wildman–Crippen MR) is 41.4 cm³/mol. The molecule has 0 saturated heterocycles. The van der Waals surface area contributed by atoms with Gasteiger partial charge in [-0.15, -0.1) is 0 Å². The van der Waals surface area contributed by atoms with Crippen LogP contribution in [0.2, 0.25) is 5.02 Å². The van der Waals surface area contributed by atoms with Crippen molar-refractivity contribution in [2.45, 2.75) is 12.6 Å².